The zero-order valence-corrected chi connectivity index (χ0v) is 9.81. The van der Waals surface area contributed by atoms with Gasteiger partial charge in [-0.25, -0.2) is 0 Å². The van der Waals surface area contributed by atoms with Crippen molar-refractivity contribution in [2.45, 2.75) is 45.1 Å². The van der Waals surface area contributed by atoms with Gasteiger partial charge < -0.3 is 10.6 Å². The molecule has 1 rings (SSSR count). The maximum atomic E-state index is 11.9. The molecule has 3 heteroatoms. The van der Waals surface area contributed by atoms with Crippen LogP contribution in [0.15, 0.2) is 12.2 Å². The third-order valence-corrected chi connectivity index (χ3v) is 2.95. The second-order valence-electron chi connectivity index (χ2n) is 4.33. The van der Waals surface area contributed by atoms with Crippen molar-refractivity contribution in [1.29, 1.82) is 0 Å². The number of hydrogen-bond acceptors (Lipinski definition) is 2. The molecule has 1 atom stereocenters. The van der Waals surface area contributed by atoms with E-state index in [4.69, 9.17) is 0 Å². The quantitative estimate of drug-likeness (QED) is 0.546. The Bertz CT molecular complexity index is 230. The Hall–Kier alpha value is -0.830. The van der Waals surface area contributed by atoms with E-state index in [1.807, 2.05) is 19.9 Å². The summed E-state index contributed by atoms with van der Waals surface area (Å²) in [5.74, 6) is 0.145. The van der Waals surface area contributed by atoms with E-state index in [-0.39, 0.29) is 11.4 Å². The Labute approximate surface area is 92.3 Å². The van der Waals surface area contributed by atoms with Crippen LogP contribution in [0.4, 0.5) is 0 Å². The second kappa shape index (κ2) is 5.91. The van der Waals surface area contributed by atoms with Crippen LogP contribution in [0.1, 0.15) is 39.5 Å². The van der Waals surface area contributed by atoms with E-state index in [9.17, 15) is 4.79 Å². The lowest BCUT2D eigenvalue weighted by Crippen LogP contribution is -2.57. The molecule has 0 aliphatic carbocycles. The second-order valence-corrected chi connectivity index (χ2v) is 4.33. The van der Waals surface area contributed by atoms with Crippen molar-refractivity contribution in [3.63, 3.8) is 0 Å². The van der Waals surface area contributed by atoms with Gasteiger partial charge in [0.15, 0.2) is 0 Å². The van der Waals surface area contributed by atoms with Gasteiger partial charge in [0.2, 0.25) is 5.91 Å². The molecule has 1 unspecified atom stereocenters. The third kappa shape index (κ3) is 3.67. The molecule has 0 aromatic heterocycles. The van der Waals surface area contributed by atoms with E-state index in [2.05, 4.69) is 16.7 Å². The molecule has 1 heterocycles. The van der Waals surface area contributed by atoms with Gasteiger partial charge >= 0.3 is 0 Å². The lowest BCUT2D eigenvalue weighted by molar-refractivity contribution is -0.127. The zero-order valence-electron chi connectivity index (χ0n) is 9.81. The lowest BCUT2D eigenvalue weighted by Gasteiger charge is -2.33. The fourth-order valence-corrected chi connectivity index (χ4v) is 1.88. The topological polar surface area (TPSA) is 41.1 Å². The Morgan fingerprint density at radius 2 is 2.33 bits per heavy atom. The van der Waals surface area contributed by atoms with Crippen molar-refractivity contribution in [2.24, 2.45) is 0 Å². The summed E-state index contributed by atoms with van der Waals surface area (Å²) in [6.45, 7) is 5.68. The van der Waals surface area contributed by atoms with E-state index in [1.165, 1.54) is 6.42 Å². The average molecular weight is 210 g/mol. The molecule has 0 radical (unpaired) electrons. The molecule has 86 valence electrons. The van der Waals surface area contributed by atoms with Crippen molar-refractivity contribution in [2.75, 3.05) is 13.1 Å². The summed E-state index contributed by atoms with van der Waals surface area (Å²) in [4.78, 5) is 11.9. The Morgan fingerprint density at radius 3 is 2.93 bits per heavy atom. The summed E-state index contributed by atoms with van der Waals surface area (Å²) in [5.41, 5.74) is -0.339. The molecule has 0 bridgehead atoms. The fraction of sp³-hybridized carbons (Fsp3) is 0.750. The van der Waals surface area contributed by atoms with E-state index in [1.54, 1.807) is 0 Å². The van der Waals surface area contributed by atoms with Crippen LogP contribution in [0.25, 0.3) is 0 Å². The van der Waals surface area contributed by atoms with Crippen LogP contribution in [0.3, 0.4) is 0 Å². The molecule has 0 saturated carbocycles. The number of carbonyl (C=O) groups is 1. The number of rotatable bonds is 4. The van der Waals surface area contributed by atoms with Gasteiger partial charge in [0.25, 0.3) is 0 Å². The molecule has 1 aliphatic heterocycles. The Morgan fingerprint density at radius 1 is 1.53 bits per heavy atom. The minimum atomic E-state index is -0.339. The monoisotopic (exact) mass is 210 g/mol. The first-order valence-electron chi connectivity index (χ1n) is 5.83. The van der Waals surface area contributed by atoms with E-state index in [0.29, 0.717) is 0 Å². The highest BCUT2D eigenvalue weighted by Gasteiger charge is 2.33. The molecule has 1 fully saturated rings. The summed E-state index contributed by atoms with van der Waals surface area (Å²) < 4.78 is 0. The van der Waals surface area contributed by atoms with Gasteiger partial charge in [-0.05, 0) is 46.1 Å². The smallest absolute Gasteiger partial charge is 0.240 e. The summed E-state index contributed by atoms with van der Waals surface area (Å²) in [6, 6.07) is 0. The standard InChI is InChI=1S/C12H22N2O/c1-3-4-6-9-13-11(15)12(2)8-5-7-10-14-12/h3-4,14H,5-10H2,1-2H3,(H,13,15)/b4-3+. The highest BCUT2D eigenvalue weighted by Crippen LogP contribution is 2.18. The fourth-order valence-electron chi connectivity index (χ4n) is 1.88. The van der Waals surface area contributed by atoms with Gasteiger partial charge in [-0.15, -0.1) is 0 Å². The van der Waals surface area contributed by atoms with Gasteiger partial charge in [0.05, 0.1) is 5.54 Å². The number of piperidine rings is 1. The molecular formula is C12H22N2O. The van der Waals surface area contributed by atoms with Crippen LogP contribution >= 0.6 is 0 Å². The van der Waals surface area contributed by atoms with Gasteiger partial charge in [0.1, 0.15) is 0 Å². The number of carbonyl (C=O) groups excluding carboxylic acids is 1. The average Bonchev–Trinajstić information content (AvgIpc) is 2.25. The summed E-state index contributed by atoms with van der Waals surface area (Å²) in [6.07, 6.45) is 8.26. The highest BCUT2D eigenvalue weighted by molar-refractivity contribution is 5.85. The predicted molar refractivity (Wildman–Crippen MR) is 62.7 cm³/mol. The zero-order chi connectivity index (χ0) is 11.1. The van der Waals surface area contributed by atoms with Crippen LogP contribution < -0.4 is 10.6 Å². The highest BCUT2D eigenvalue weighted by atomic mass is 16.2. The predicted octanol–water partition coefficient (Wildman–Crippen LogP) is 1.60. The minimum absolute atomic E-state index is 0.145. The van der Waals surface area contributed by atoms with Crippen LogP contribution in [0.5, 0.6) is 0 Å². The van der Waals surface area contributed by atoms with Crippen LogP contribution in [0, 0.1) is 0 Å². The molecule has 0 aromatic carbocycles. The van der Waals surface area contributed by atoms with Crippen LogP contribution in [0.2, 0.25) is 0 Å². The number of hydrogen-bond donors (Lipinski definition) is 2. The molecule has 0 aromatic rings. The maximum Gasteiger partial charge on any atom is 0.240 e. The molecule has 1 amide bonds. The first-order chi connectivity index (χ1) is 7.19. The van der Waals surface area contributed by atoms with Crippen LogP contribution in [-0.2, 0) is 4.79 Å². The van der Waals surface area contributed by atoms with Crippen LogP contribution in [-0.4, -0.2) is 24.5 Å². The van der Waals surface area contributed by atoms with Gasteiger partial charge in [-0.3, -0.25) is 4.79 Å². The normalized spacial score (nSPS) is 26.8. The summed E-state index contributed by atoms with van der Waals surface area (Å²) in [5, 5.41) is 6.28. The van der Waals surface area contributed by atoms with E-state index < -0.39 is 0 Å². The first kappa shape index (κ1) is 12.2. The van der Waals surface area contributed by atoms with E-state index in [0.717, 1.165) is 32.4 Å². The first-order valence-corrected chi connectivity index (χ1v) is 5.83. The number of nitrogens with one attached hydrogen (secondary N) is 2. The van der Waals surface area contributed by atoms with Crippen molar-refractivity contribution in [3.8, 4) is 0 Å². The van der Waals surface area contributed by atoms with E-state index >= 15 is 0 Å². The largest absolute Gasteiger partial charge is 0.354 e. The molecule has 2 N–H and O–H groups in total. The SMILES string of the molecule is C/C=C/CCNC(=O)C1(C)CCCCN1. The molecule has 0 spiro atoms. The summed E-state index contributed by atoms with van der Waals surface area (Å²) >= 11 is 0. The molecule has 15 heavy (non-hydrogen) atoms. The van der Waals surface area contributed by atoms with Crippen molar-refractivity contribution < 1.29 is 4.79 Å². The van der Waals surface area contributed by atoms with Gasteiger partial charge in [0, 0.05) is 6.54 Å². The maximum absolute atomic E-state index is 11.9. The lowest BCUT2D eigenvalue weighted by atomic mass is 9.90. The van der Waals surface area contributed by atoms with Crippen molar-refractivity contribution >= 4 is 5.91 Å². The molecule has 1 aliphatic rings. The molecule has 3 nitrogen and oxygen atoms in total. The molecular weight excluding hydrogens is 188 g/mol. The Balaban J connectivity index is 2.31. The minimum Gasteiger partial charge on any atom is -0.354 e. The number of amides is 1. The summed E-state index contributed by atoms with van der Waals surface area (Å²) in [7, 11) is 0. The Kier molecular flexibility index (Phi) is 4.82. The molecule has 1 saturated heterocycles. The third-order valence-electron chi connectivity index (χ3n) is 2.95. The van der Waals surface area contributed by atoms with Gasteiger partial charge in [-0.1, -0.05) is 12.2 Å². The van der Waals surface area contributed by atoms with Crippen molar-refractivity contribution in [3.05, 3.63) is 12.2 Å². The van der Waals surface area contributed by atoms with Gasteiger partial charge in [-0.2, -0.15) is 0 Å². The van der Waals surface area contributed by atoms with Crippen molar-refractivity contribution in [1.82, 2.24) is 10.6 Å². The number of allylic oxidation sites excluding steroid dienone is 1.